The fourth-order valence-electron chi connectivity index (χ4n) is 1.16. The number of nitrogens with one attached hydrogen (secondary N) is 1. The van der Waals surface area contributed by atoms with Crippen molar-refractivity contribution >= 4 is 21.6 Å². The molecule has 1 unspecified atom stereocenters. The van der Waals surface area contributed by atoms with Crippen LogP contribution >= 0.6 is 21.6 Å². The lowest BCUT2D eigenvalue weighted by atomic mass is 10.3. The van der Waals surface area contributed by atoms with Crippen LogP contribution in [0.15, 0.2) is 0 Å². The highest BCUT2D eigenvalue weighted by Crippen LogP contribution is 2.26. The molecule has 0 radical (unpaired) electrons. The average Bonchev–Trinajstić information content (AvgIpc) is 2.28. The van der Waals surface area contributed by atoms with Gasteiger partial charge in [0.15, 0.2) is 0 Å². The van der Waals surface area contributed by atoms with Crippen LogP contribution in [-0.2, 0) is 9.47 Å². The number of methoxy groups -OCH3 is 1. The molecule has 0 amide bonds. The van der Waals surface area contributed by atoms with Crippen LogP contribution < -0.4 is 5.32 Å². The second-order valence-corrected chi connectivity index (χ2v) is 6.95. The van der Waals surface area contributed by atoms with Gasteiger partial charge in [0.25, 0.3) is 0 Å². The summed E-state index contributed by atoms with van der Waals surface area (Å²) in [4.78, 5) is 0. The van der Waals surface area contributed by atoms with Gasteiger partial charge in [-0.3, -0.25) is 0 Å². The Morgan fingerprint density at radius 3 is 2.47 bits per heavy atom. The molecule has 0 aromatic heterocycles. The fourth-order valence-corrected chi connectivity index (χ4v) is 3.08. The SMILES string of the molecule is COCCCCOC(C)SSCCNC(C)C. The molecule has 0 aliphatic carbocycles. The van der Waals surface area contributed by atoms with Crippen LogP contribution in [0.25, 0.3) is 0 Å². The Kier molecular flexibility index (Phi) is 13.5. The topological polar surface area (TPSA) is 30.5 Å². The zero-order valence-corrected chi connectivity index (χ0v) is 13.2. The minimum atomic E-state index is 0.279. The van der Waals surface area contributed by atoms with Gasteiger partial charge in [-0.25, -0.2) is 0 Å². The van der Waals surface area contributed by atoms with Crippen LogP contribution in [-0.4, -0.2) is 44.1 Å². The Morgan fingerprint density at radius 1 is 1.12 bits per heavy atom. The first-order valence-electron chi connectivity index (χ1n) is 6.29. The van der Waals surface area contributed by atoms with Crippen molar-refractivity contribution < 1.29 is 9.47 Å². The lowest BCUT2D eigenvalue weighted by Gasteiger charge is -2.12. The Balaban J connectivity index is 3.14. The van der Waals surface area contributed by atoms with Crippen LogP contribution in [0, 0.1) is 0 Å². The number of unbranched alkanes of at least 4 members (excludes halogenated alkanes) is 1. The van der Waals surface area contributed by atoms with E-state index in [1.807, 2.05) is 21.6 Å². The van der Waals surface area contributed by atoms with E-state index >= 15 is 0 Å². The van der Waals surface area contributed by atoms with E-state index in [2.05, 4.69) is 26.1 Å². The summed E-state index contributed by atoms with van der Waals surface area (Å²) in [5.74, 6) is 1.13. The highest BCUT2D eigenvalue weighted by molar-refractivity contribution is 8.76. The van der Waals surface area contributed by atoms with Crippen molar-refractivity contribution in [3.8, 4) is 0 Å². The monoisotopic (exact) mass is 281 g/mol. The Labute approximate surface area is 114 Å². The van der Waals surface area contributed by atoms with Gasteiger partial charge in [-0.1, -0.05) is 35.4 Å². The lowest BCUT2D eigenvalue weighted by molar-refractivity contribution is 0.111. The second-order valence-electron chi connectivity index (χ2n) is 4.17. The van der Waals surface area contributed by atoms with E-state index in [-0.39, 0.29) is 5.44 Å². The molecule has 0 fully saturated rings. The summed E-state index contributed by atoms with van der Waals surface area (Å²) in [7, 11) is 5.43. The number of rotatable bonds is 12. The standard InChI is InChI=1S/C12H27NO2S2/c1-11(2)13-7-10-16-17-12(3)15-9-6-5-8-14-4/h11-13H,5-10H2,1-4H3. The van der Waals surface area contributed by atoms with Crippen LogP contribution in [0.4, 0.5) is 0 Å². The molecule has 0 aliphatic rings. The third-order valence-electron chi connectivity index (χ3n) is 2.04. The zero-order chi connectivity index (χ0) is 12.9. The first-order chi connectivity index (χ1) is 8.16. The summed E-state index contributed by atoms with van der Waals surface area (Å²) >= 11 is 0. The van der Waals surface area contributed by atoms with Crippen molar-refractivity contribution in [3.63, 3.8) is 0 Å². The number of hydrogen-bond acceptors (Lipinski definition) is 5. The molecule has 0 saturated carbocycles. The largest absolute Gasteiger partial charge is 0.385 e. The minimum Gasteiger partial charge on any atom is -0.385 e. The van der Waals surface area contributed by atoms with Gasteiger partial charge in [0, 0.05) is 38.7 Å². The molecule has 0 aromatic carbocycles. The molecule has 3 nitrogen and oxygen atoms in total. The summed E-state index contributed by atoms with van der Waals surface area (Å²) in [6.07, 6.45) is 2.16. The van der Waals surface area contributed by atoms with Gasteiger partial charge >= 0.3 is 0 Å². The van der Waals surface area contributed by atoms with Crippen molar-refractivity contribution in [3.05, 3.63) is 0 Å². The Bertz CT molecular complexity index is 159. The first-order valence-corrected chi connectivity index (χ1v) is 8.67. The normalized spacial score (nSPS) is 13.2. The summed E-state index contributed by atoms with van der Waals surface area (Å²) < 4.78 is 10.7. The summed E-state index contributed by atoms with van der Waals surface area (Å²) in [6.45, 7) is 9.19. The highest BCUT2D eigenvalue weighted by atomic mass is 33.1. The minimum absolute atomic E-state index is 0.279. The number of ether oxygens (including phenoxy) is 2. The summed E-state index contributed by atoms with van der Waals surface area (Å²) in [5, 5.41) is 3.40. The van der Waals surface area contributed by atoms with Crippen LogP contribution in [0.1, 0.15) is 33.6 Å². The molecule has 1 atom stereocenters. The molecule has 17 heavy (non-hydrogen) atoms. The van der Waals surface area contributed by atoms with Crippen LogP contribution in [0.2, 0.25) is 0 Å². The van der Waals surface area contributed by atoms with E-state index in [4.69, 9.17) is 9.47 Å². The molecule has 0 bridgehead atoms. The third-order valence-corrected chi connectivity index (χ3v) is 4.67. The molecular formula is C12H27NO2S2. The molecule has 1 N–H and O–H groups in total. The van der Waals surface area contributed by atoms with E-state index in [1.165, 1.54) is 0 Å². The quantitative estimate of drug-likeness (QED) is 0.337. The molecule has 0 rings (SSSR count). The third kappa shape index (κ3) is 14.5. The highest BCUT2D eigenvalue weighted by Gasteiger charge is 2.02. The van der Waals surface area contributed by atoms with Gasteiger partial charge in [0.1, 0.15) is 5.44 Å². The fraction of sp³-hybridized carbons (Fsp3) is 1.00. The maximum absolute atomic E-state index is 5.68. The summed E-state index contributed by atoms with van der Waals surface area (Å²) in [6, 6.07) is 0.579. The average molecular weight is 281 g/mol. The Hall–Kier alpha value is 0.580. The maximum Gasteiger partial charge on any atom is 0.110 e. The van der Waals surface area contributed by atoms with Gasteiger partial charge < -0.3 is 14.8 Å². The maximum atomic E-state index is 5.68. The van der Waals surface area contributed by atoms with E-state index in [0.717, 1.165) is 38.4 Å². The molecule has 104 valence electrons. The summed E-state index contributed by atoms with van der Waals surface area (Å²) in [5.41, 5.74) is 0.279. The van der Waals surface area contributed by atoms with Crippen LogP contribution in [0.5, 0.6) is 0 Å². The van der Waals surface area contributed by atoms with Crippen LogP contribution in [0.3, 0.4) is 0 Å². The molecule has 0 aliphatic heterocycles. The molecular weight excluding hydrogens is 254 g/mol. The van der Waals surface area contributed by atoms with E-state index < -0.39 is 0 Å². The van der Waals surface area contributed by atoms with E-state index in [0.29, 0.717) is 6.04 Å². The van der Waals surface area contributed by atoms with Gasteiger partial charge in [-0.2, -0.15) is 0 Å². The molecule has 0 saturated heterocycles. The van der Waals surface area contributed by atoms with Gasteiger partial charge in [-0.15, -0.1) is 0 Å². The molecule has 0 heterocycles. The predicted molar refractivity (Wildman–Crippen MR) is 79.7 cm³/mol. The first kappa shape index (κ1) is 17.6. The van der Waals surface area contributed by atoms with Crippen molar-refractivity contribution in [2.24, 2.45) is 0 Å². The molecule has 5 heteroatoms. The zero-order valence-electron chi connectivity index (χ0n) is 11.5. The van der Waals surface area contributed by atoms with Crippen molar-refractivity contribution in [2.75, 3.05) is 32.6 Å². The van der Waals surface area contributed by atoms with Crippen molar-refractivity contribution in [1.29, 1.82) is 0 Å². The van der Waals surface area contributed by atoms with Gasteiger partial charge in [0.05, 0.1) is 0 Å². The van der Waals surface area contributed by atoms with E-state index in [1.54, 1.807) is 7.11 Å². The predicted octanol–water partition coefficient (Wildman–Crippen LogP) is 3.16. The van der Waals surface area contributed by atoms with Gasteiger partial charge in [-0.05, 0) is 19.8 Å². The van der Waals surface area contributed by atoms with Crippen molar-refractivity contribution in [1.82, 2.24) is 5.32 Å². The number of hydrogen-bond donors (Lipinski definition) is 1. The lowest BCUT2D eigenvalue weighted by Crippen LogP contribution is -2.24. The second kappa shape index (κ2) is 13.0. The van der Waals surface area contributed by atoms with Crippen molar-refractivity contribution in [2.45, 2.75) is 45.1 Å². The molecule has 0 aromatic rings. The Morgan fingerprint density at radius 2 is 1.82 bits per heavy atom. The molecule has 0 spiro atoms. The smallest absolute Gasteiger partial charge is 0.110 e. The van der Waals surface area contributed by atoms with E-state index in [9.17, 15) is 0 Å². The van der Waals surface area contributed by atoms with Gasteiger partial charge in [0.2, 0.25) is 0 Å².